The summed E-state index contributed by atoms with van der Waals surface area (Å²) in [5.41, 5.74) is 9.68. The minimum absolute atomic E-state index is 0.213. The predicted octanol–water partition coefficient (Wildman–Crippen LogP) is 4.60. The Morgan fingerprint density at radius 1 is 0.938 bits per heavy atom. The SMILES string of the molecule is O=C(CCCc1c(-c2ccccn2)[nH]c2ccc(Cl)cc12)NNC(=O)Cc1ccccc1. The van der Waals surface area contributed by atoms with Crippen molar-refractivity contribution in [2.24, 2.45) is 0 Å². The molecular formula is C25H23ClN4O2. The molecule has 0 fully saturated rings. The molecule has 2 aromatic heterocycles. The van der Waals surface area contributed by atoms with E-state index in [1.807, 2.05) is 66.7 Å². The van der Waals surface area contributed by atoms with E-state index in [2.05, 4.69) is 20.8 Å². The second kappa shape index (κ2) is 10.1. The van der Waals surface area contributed by atoms with Gasteiger partial charge < -0.3 is 4.98 Å². The minimum Gasteiger partial charge on any atom is -0.353 e. The first-order valence-corrected chi connectivity index (χ1v) is 10.8. The molecule has 0 bridgehead atoms. The molecule has 0 aliphatic heterocycles. The maximum atomic E-state index is 12.2. The smallest absolute Gasteiger partial charge is 0.242 e. The van der Waals surface area contributed by atoms with Gasteiger partial charge in [0.15, 0.2) is 0 Å². The maximum absolute atomic E-state index is 12.2. The fourth-order valence-corrected chi connectivity index (χ4v) is 3.83. The molecule has 0 aliphatic carbocycles. The summed E-state index contributed by atoms with van der Waals surface area (Å²) in [6, 6.07) is 20.9. The van der Waals surface area contributed by atoms with Gasteiger partial charge in [-0.1, -0.05) is 48.0 Å². The number of carbonyl (C=O) groups excluding carboxylic acids is 2. The monoisotopic (exact) mass is 446 g/mol. The number of nitrogens with zero attached hydrogens (tertiary/aromatic N) is 1. The Morgan fingerprint density at radius 3 is 2.50 bits per heavy atom. The summed E-state index contributed by atoms with van der Waals surface area (Å²) in [5, 5.41) is 1.68. The van der Waals surface area contributed by atoms with E-state index in [1.165, 1.54) is 0 Å². The summed E-state index contributed by atoms with van der Waals surface area (Å²) < 4.78 is 0. The molecule has 0 saturated carbocycles. The molecule has 3 N–H and O–H groups in total. The number of carbonyl (C=O) groups is 2. The molecule has 32 heavy (non-hydrogen) atoms. The third kappa shape index (κ3) is 5.34. The van der Waals surface area contributed by atoms with Crippen LogP contribution in [0.15, 0.2) is 72.9 Å². The summed E-state index contributed by atoms with van der Waals surface area (Å²) in [7, 11) is 0. The zero-order chi connectivity index (χ0) is 22.3. The Bertz CT molecular complexity index is 1220. The number of aryl methyl sites for hydroxylation is 1. The van der Waals surface area contributed by atoms with Crippen molar-refractivity contribution >= 4 is 34.3 Å². The molecule has 0 saturated heterocycles. The number of halogens is 1. The third-order valence-corrected chi connectivity index (χ3v) is 5.40. The number of aromatic amines is 1. The highest BCUT2D eigenvalue weighted by Gasteiger charge is 2.15. The average molecular weight is 447 g/mol. The first-order valence-electron chi connectivity index (χ1n) is 10.4. The molecular weight excluding hydrogens is 424 g/mol. The highest BCUT2D eigenvalue weighted by Crippen LogP contribution is 2.32. The molecule has 0 atom stereocenters. The molecule has 2 heterocycles. The van der Waals surface area contributed by atoms with E-state index in [0.717, 1.165) is 33.4 Å². The van der Waals surface area contributed by atoms with Crippen molar-refractivity contribution in [1.29, 1.82) is 0 Å². The van der Waals surface area contributed by atoms with Gasteiger partial charge >= 0.3 is 0 Å². The van der Waals surface area contributed by atoms with Gasteiger partial charge in [-0.2, -0.15) is 0 Å². The lowest BCUT2D eigenvalue weighted by atomic mass is 10.0. The lowest BCUT2D eigenvalue weighted by molar-refractivity contribution is -0.128. The van der Waals surface area contributed by atoms with Gasteiger partial charge in [-0.25, -0.2) is 0 Å². The average Bonchev–Trinajstić information content (AvgIpc) is 3.17. The van der Waals surface area contributed by atoms with Crippen LogP contribution in [0.2, 0.25) is 5.02 Å². The predicted molar refractivity (Wildman–Crippen MR) is 126 cm³/mol. The van der Waals surface area contributed by atoms with E-state index < -0.39 is 0 Å². The quantitative estimate of drug-likeness (QED) is 0.363. The van der Waals surface area contributed by atoms with Gasteiger partial charge in [0.2, 0.25) is 11.8 Å². The number of H-pyrrole nitrogens is 1. The number of rotatable bonds is 7. The van der Waals surface area contributed by atoms with Gasteiger partial charge in [0.25, 0.3) is 0 Å². The van der Waals surface area contributed by atoms with Crippen LogP contribution in [0.1, 0.15) is 24.0 Å². The molecule has 4 aromatic rings. The highest BCUT2D eigenvalue weighted by molar-refractivity contribution is 6.31. The lowest BCUT2D eigenvalue weighted by Gasteiger charge is -2.08. The number of aromatic nitrogens is 2. The van der Waals surface area contributed by atoms with E-state index in [4.69, 9.17) is 11.6 Å². The van der Waals surface area contributed by atoms with Crippen molar-refractivity contribution in [1.82, 2.24) is 20.8 Å². The van der Waals surface area contributed by atoms with Crippen molar-refractivity contribution in [3.05, 3.63) is 89.1 Å². The topological polar surface area (TPSA) is 86.9 Å². The highest BCUT2D eigenvalue weighted by atomic mass is 35.5. The van der Waals surface area contributed by atoms with Crippen LogP contribution in [-0.2, 0) is 22.4 Å². The number of hydrazine groups is 1. The number of hydrogen-bond acceptors (Lipinski definition) is 3. The molecule has 0 radical (unpaired) electrons. The zero-order valence-electron chi connectivity index (χ0n) is 17.4. The fraction of sp³-hybridized carbons (Fsp3) is 0.160. The maximum Gasteiger partial charge on any atom is 0.242 e. The molecule has 2 aromatic carbocycles. The second-order valence-electron chi connectivity index (χ2n) is 7.50. The molecule has 0 spiro atoms. The van der Waals surface area contributed by atoms with Crippen LogP contribution in [-0.4, -0.2) is 21.8 Å². The summed E-state index contributed by atoms with van der Waals surface area (Å²) in [4.78, 5) is 32.1. The largest absolute Gasteiger partial charge is 0.353 e. The number of pyridine rings is 1. The number of nitrogens with one attached hydrogen (secondary N) is 3. The Balaban J connectivity index is 1.37. The first kappa shape index (κ1) is 21.6. The van der Waals surface area contributed by atoms with Gasteiger partial charge in [-0.05, 0) is 54.3 Å². The normalized spacial score (nSPS) is 10.8. The summed E-state index contributed by atoms with van der Waals surface area (Å²) in [6.45, 7) is 0. The molecule has 0 unspecified atom stereocenters. The molecule has 162 valence electrons. The standard InChI is InChI=1S/C25H23ClN4O2/c26-18-12-13-21-20(16-18)19(25(28-21)22-10-4-5-14-27-22)9-6-11-23(31)29-30-24(32)15-17-7-2-1-3-8-17/h1-5,7-8,10,12-14,16,28H,6,9,11,15H2,(H,29,31)(H,30,32). The van der Waals surface area contributed by atoms with E-state index in [0.29, 0.717) is 17.9 Å². The number of amides is 2. The van der Waals surface area contributed by atoms with E-state index in [9.17, 15) is 9.59 Å². The van der Waals surface area contributed by atoms with Crippen LogP contribution in [0.4, 0.5) is 0 Å². The molecule has 7 heteroatoms. The van der Waals surface area contributed by atoms with E-state index in [1.54, 1.807) is 6.20 Å². The van der Waals surface area contributed by atoms with Gasteiger partial charge in [0.1, 0.15) is 0 Å². The zero-order valence-corrected chi connectivity index (χ0v) is 18.2. The van der Waals surface area contributed by atoms with Crippen LogP contribution in [0.3, 0.4) is 0 Å². The second-order valence-corrected chi connectivity index (χ2v) is 7.93. The fourth-order valence-electron chi connectivity index (χ4n) is 3.66. The van der Waals surface area contributed by atoms with Gasteiger partial charge in [-0.15, -0.1) is 0 Å². The van der Waals surface area contributed by atoms with Crippen LogP contribution in [0, 0.1) is 0 Å². The number of benzene rings is 2. The lowest BCUT2D eigenvalue weighted by Crippen LogP contribution is -2.42. The molecule has 4 rings (SSSR count). The van der Waals surface area contributed by atoms with Crippen molar-refractivity contribution in [2.45, 2.75) is 25.7 Å². The van der Waals surface area contributed by atoms with Gasteiger partial charge in [0.05, 0.1) is 17.8 Å². The first-order chi connectivity index (χ1) is 15.6. The Kier molecular flexibility index (Phi) is 6.82. The van der Waals surface area contributed by atoms with E-state index in [-0.39, 0.29) is 24.7 Å². The van der Waals surface area contributed by atoms with Crippen LogP contribution in [0.25, 0.3) is 22.3 Å². The molecule has 6 nitrogen and oxygen atoms in total. The summed E-state index contributed by atoms with van der Waals surface area (Å²) in [6.07, 6.45) is 3.52. The van der Waals surface area contributed by atoms with Crippen LogP contribution in [0.5, 0.6) is 0 Å². The Labute approximate surface area is 191 Å². The van der Waals surface area contributed by atoms with Crippen LogP contribution < -0.4 is 10.9 Å². The molecule has 0 aliphatic rings. The minimum atomic E-state index is -0.256. The van der Waals surface area contributed by atoms with Gasteiger partial charge in [-0.3, -0.25) is 25.4 Å². The van der Waals surface area contributed by atoms with Crippen LogP contribution >= 0.6 is 11.6 Å². The van der Waals surface area contributed by atoms with E-state index >= 15 is 0 Å². The summed E-state index contributed by atoms with van der Waals surface area (Å²) >= 11 is 6.23. The Hall–Kier alpha value is -3.64. The van der Waals surface area contributed by atoms with Crippen molar-refractivity contribution in [2.75, 3.05) is 0 Å². The Morgan fingerprint density at radius 2 is 1.72 bits per heavy atom. The van der Waals surface area contributed by atoms with Crippen molar-refractivity contribution < 1.29 is 9.59 Å². The van der Waals surface area contributed by atoms with Gasteiger partial charge in [0, 0.05) is 28.5 Å². The molecule has 2 amide bonds. The van der Waals surface area contributed by atoms with Crippen molar-refractivity contribution in [3.8, 4) is 11.4 Å². The van der Waals surface area contributed by atoms with Crippen molar-refractivity contribution in [3.63, 3.8) is 0 Å². The number of hydrogen-bond donors (Lipinski definition) is 3. The summed E-state index contributed by atoms with van der Waals surface area (Å²) in [5.74, 6) is -0.489. The number of fused-ring (bicyclic) bond motifs is 1. The third-order valence-electron chi connectivity index (χ3n) is 5.17.